The van der Waals surface area contributed by atoms with E-state index in [9.17, 15) is 9.00 Å². The normalized spacial score (nSPS) is 11.9. The van der Waals surface area contributed by atoms with Gasteiger partial charge < -0.3 is 9.47 Å². The van der Waals surface area contributed by atoms with E-state index in [1.807, 2.05) is 18.2 Å². The number of hydrogen-bond donors (Lipinski definition) is 0. The van der Waals surface area contributed by atoms with E-state index < -0.39 is 10.8 Å². The van der Waals surface area contributed by atoms with Crippen LogP contribution < -0.4 is 9.47 Å². The Bertz CT molecular complexity index is 443. The third-order valence-electron chi connectivity index (χ3n) is 2.58. The van der Waals surface area contributed by atoms with Crippen molar-refractivity contribution in [1.29, 1.82) is 0 Å². The van der Waals surface area contributed by atoms with E-state index in [2.05, 4.69) is 0 Å². The van der Waals surface area contributed by atoms with Crippen molar-refractivity contribution in [2.75, 3.05) is 20.0 Å². The predicted octanol–water partition coefficient (Wildman–Crippen LogP) is 1.93. The molecule has 0 aromatic heterocycles. The molecule has 0 spiro atoms. The van der Waals surface area contributed by atoms with Crippen LogP contribution in [0.4, 0.5) is 0 Å². The Labute approximate surface area is 110 Å². The second-order valence-corrected chi connectivity index (χ2v) is 5.47. The summed E-state index contributed by atoms with van der Waals surface area (Å²) in [6, 6.07) is 5.66. The third-order valence-corrected chi connectivity index (χ3v) is 3.88. The summed E-state index contributed by atoms with van der Waals surface area (Å²) in [7, 11) is 1.81. The van der Waals surface area contributed by atoms with Gasteiger partial charge in [-0.3, -0.25) is 9.00 Å². The Kier molecular flexibility index (Phi) is 5.85. The average molecular weight is 270 g/mol. The lowest BCUT2D eigenvalue weighted by atomic mass is 10.1. The molecule has 0 bridgehead atoms. The lowest BCUT2D eigenvalue weighted by Gasteiger charge is -2.12. The Hall–Kier alpha value is -1.36. The van der Waals surface area contributed by atoms with Crippen LogP contribution in [-0.4, -0.2) is 29.3 Å². The van der Waals surface area contributed by atoms with Crippen molar-refractivity contribution < 1.29 is 18.5 Å². The van der Waals surface area contributed by atoms with E-state index in [1.165, 1.54) is 6.92 Å². The lowest BCUT2D eigenvalue weighted by molar-refractivity contribution is -0.109. The van der Waals surface area contributed by atoms with E-state index in [4.69, 9.17) is 9.47 Å². The zero-order valence-electron chi connectivity index (χ0n) is 10.9. The van der Waals surface area contributed by atoms with Crippen molar-refractivity contribution in [3.05, 3.63) is 23.8 Å². The quantitative estimate of drug-likeness (QED) is 0.792. The first-order chi connectivity index (χ1) is 8.60. The smallest absolute Gasteiger partial charge is 0.215 e. The molecule has 4 nitrogen and oxygen atoms in total. The number of para-hydroxylation sites is 1. The number of ether oxygens (including phenoxy) is 2. The second-order valence-electron chi connectivity index (χ2n) is 3.80. The van der Waals surface area contributed by atoms with Crippen molar-refractivity contribution in [3.8, 4) is 11.5 Å². The van der Waals surface area contributed by atoms with Gasteiger partial charge in [0.05, 0.1) is 25.0 Å². The first kappa shape index (κ1) is 14.7. The van der Waals surface area contributed by atoms with Crippen LogP contribution in [0.25, 0.3) is 0 Å². The van der Waals surface area contributed by atoms with Gasteiger partial charge in [-0.15, -0.1) is 0 Å². The molecular weight excluding hydrogens is 252 g/mol. The summed E-state index contributed by atoms with van der Waals surface area (Å²) in [5.74, 6) is 1.77. The van der Waals surface area contributed by atoms with Crippen LogP contribution in [0.1, 0.15) is 18.9 Å². The molecule has 18 heavy (non-hydrogen) atoms. The summed E-state index contributed by atoms with van der Waals surface area (Å²) in [4.78, 5) is 10.9. The molecule has 1 rings (SSSR count). The van der Waals surface area contributed by atoms with Crippen molar-refractivity contribution >= 4 is 15.9 Å². The topological polar surface area (TPSA) is 52.6 Å². The third kappa shape index (κ3) is 3.84. The summed E-state index contributed by atoms with van der Waals surface area (Å²) in [6.07, 6.45) is 1.38. The minimum Gasteiger partial charge on any atom is -0.493 e. The number of carbonyl (C=O) groups is 1. The Morgan fingerprint density at radius 3 is 2.56 bits per heavy atom. The maximum Gasteiger partial charge on any atom is 0.215 e. The number of methoxy groups -OCH3 is 2. The van der Waals surface area contributed by atoms with Crippen LogP contribution in [0, 0.1) is 0 Å². The molecule has 0 aliphatic heterocycles. The van der Waals surface area contributed by atoms with Gasteiger partial charge >= 0.3 is 0 Å². The molecule has 0 amide bonds. The van der Waals surface area contributed by atoms with Crippen LogP contribution in [0.5, 0.6) is 11.5 Å². The maximum atomic E-state index is 11.3. The van der Waals surface area contributed by atoms with Crippen LogP contribution >= 0.6 is 0 Å². The highest BCUT2D eigenvalue weighted by molar-refractivity contribution is 8.00. The molecule has 1 aromatic carbocycles. The molecule has 0 aliphatic rings. The molecule has 0 saturated carbocycles. The standard InChI is InChI=1S/C13H18O4S/c1-10(14)18(15)9-5-7-11-6-4-8-12(16-2)13(11)17-3/h4,6,8H,5,7,9H2,1-3H3. The lowest BCUT2D eigenvalue weighted by Crippen LogP contribution is -2.07. The molecule has 100 valence electrons. The highest BCUT2D eigenvalue weighted by atomic mass is 32.2. The van der Waals surface area contributed by atoms with E-state index in [0.29, 0.717) is 30.1 Å². The summed E-state index contributed by atoms with van der Waals surface area (Å²) >= 11 is 0. The highest BCUT2D eigenvalue weighted by Gasteiger charge is 2.10. The number of benzene rings is 1. The van der Waals surface area contributed by atoms with Crippen molar-refractivity contribution in [2.45, 2.75) is 19.8 Å². The average Bonchev–Trinajstić information content (AvgIpc) is 2.37. The van der Waals surface area contributed by atoms with Crippen LogP contribution in [0.15, 0.2) is 18.2 Å². The van der Waals surface area contributed by atoms with Gasteiger partial charge in [0.15, 0.2) is 11.5 Å². The zero-order valence-corrected chi connectivity index (χ0v) is 11.7. The Morgan fingerprint density at radius 2 is 2.00 bits per heavy atom. The van der Waals surface area contributed by atoms with Gasteiger partial charge in [-0.25, -0.2) is 0 Å². The summed E-state index contributed by atoms with van der Waals surface area (Å²) < 4.78 is 21.8. The van der Waals surface area contributed by atoms with Gasteiger partial charge in [-0.05, 0) is 24.5 Å². The monoisotopic (exact) mass is 270 g/mol. The molecule has 0 aliphatic carbocycles. The molecule has 0 fully saturated rings. The molecule has 1 unspecified atom stereocenters. The van der Waals surface area contributed by atoms with E-state index in [-0.39, 0.29) is 5.12 Å². The summed E-state index contributed by atoms with van der Waals surface area (Å²) in [6.45, 7) is 1.35. The molecule has 5 heteroatoms. The van der Waals surface area contributed by atoms with E-state index in [1.54, 1.807) is 14.2 Å². The van der Waals surface area contributed by atoms with Gasteiger partial charge in [-0.2, -0.15) is 0 Å². The van der Waals surface area contributed by atoms with Crippen LogP contribution in [-0.2, 0) is 22.0 Å². The molecule has 0 N–H and O–H groups in total. The Balaban J connectivity index is 2.67. The molecular formula is C13H18O4S. The van der Waals surface area contributed by atoms with Crippen molar-refractivity contribution in [3.63, 3.8) is 0 Å². The van der Waals surface area contributed by atoms with Gasteiger partial charge in [0.2, 0.25) is 5.12 Å². The van der Waals surface area contributed by atoms with E-state index >= 15 is 0 Å². The fourth-order valence-corrected chi connectivity index (χ4v) is 2.38. The molecule has 0 saturated heterocycles. The van der Waals surface area contributed by atoms with Crippen molar-refractivity contribution in [2.24, 2.45) is 0 Å². The van der Waals surface area contributed by atoms with Gasteiger partial charge in [-0.1, -0.05) is 12.1 Å². The number of rotatable bonds is 6. The maximum absolute atomic E-state index is 11.3. The summed E-state index contributed by atoms with van der Waals surface area (Å²) in [5, 5.41) is -0.271. The first-order valence-electron chi connectivity index (χ1n) is 5.69. The largest absolute Gasteiger partial charge is 0.493 e. The highest BCUT2D eigenvalue weighted by Crippen LogP contribution is 2.31. The van der Waals surface area contributed by atoms with Gasteiger partial charge in [0, 0.05) is 12.7 Å². The molecule has 0 radical (unpaired) electrons. The van der Waals surface area contributed by atoms with Crippen LogP contribution in [0.3, 0.4) is 0 Å². The molecule has 1 aromatic rings. The summed E-state index contributed by atoms with van der Waals surface area (Å²) in [5.41, 5.74) is 0.998. The van der Waals surface area contributed by atoms with E-state index in [0.717, 1.165) is 5.56 Å². The predicted molar refractivity (Wildman–Crippen MR) is 71.6 cm³/mol. The van der Waals surface area contributed by atoms with Gasteiger partial charge in [0.25, 0.3) is 0 Å². The number of aryl methyl sites for hydroxylation is 1. The SMILES string of the molecule is COc1cccc(CCCS(=O)C(C)=O)c1OC. The fraction of sp³-hybridized carbons (Fsp3) is 0.462. The number of carbonyl (C=O) groups excluding carboxylic acids is 1. The number of hydrogen-bond acceptors (Lipinski definition) is 4. The zero-order chi connectivity index (χ0) is 13.5. The van der Waals surface area contributed by atoms with Crippen molar-refractivity contribution in [1.82, 2.24) is 0 Å². The minimum absolute atomic E-state index is 0.271. The van der Waals surface area contributed by atoms with Gasteiger partial charge in [0.1, 0.15) is 0 Å². The molecule has 0 heterocycles. The minimum atomic E-state index is -1.37. The first-order valence-corrected chi connectivity index (χ1v) is 7.00. The van der Waals surface area contributed by atoms with Crippen LogP contribution in [0.2, 0.25) is 0 Å². The Morgan fingerprint density at radius 1 is 1.28 bits per heavy atom. The molecule has 1 atom stereocenters. The fourth-order valence-electron chi connectivity index (χ4n) is 1.69. The second kappa shape index (κ2) is 7.16.